The lowest BCUT2D eigenvalue weighted by atomic mass is 9.99. The molecule has 338 valence electrons. The Hall–Kier alpha value is -3.41. The summed E-state index contributed by atoms with van der Waals surface area (Å²) in [4.78, 5) is 12.7. The molecule has 1 heterocycles. The molecule has 1 rings (SSSR count). The van der Waals surface area contributed by atoms with Gasteiger partial charge in [-0.1, -0.05) is 142 Å². The Morgan fingerprint density at radius 1 is 0.533 bits per heavy atom. The zero-order chi connectivity index (χ0) is 43.6. The van der Waals surface area contributed by atoms with Crippen LogP contribution in [0.5, 0.6) is 0 Å². The van der Waals surface area contributed by atoms with Crippen LogP contribution in [-0.4, -0.2) is 89.6 Å². The quantitative estimate of drug-likeness (QED) is 0.0276. The number of hydrogen-bond donors (Lipinski definition) is 4. The van der Waals surface area contributed by atoms with Gasteiger partial charge in [0.1, 0.15) is 30.5 Å². The fraction of sp³-hybridized carbons (Fsp3) is 0.588. The highest BCUT2D eigenvalue weighted by molar-refractivity contribution is 5.69. The monoisotopic (exact) mass is 837 g/mol. The molecular weight excluding hydrogens is 757 g/mol. The van der Waals surface area contributed by atoms with Crippen molar-refractivity contribution in [2.45, 2.75) is 166 Å². The minimum atomic E-state index is -1.56. The van der Waals surface area contributed by atoms with Crippen molar-refractivity contribution in [1.82, 2.24) is 0 Å². The first kappa shape index (κ1) is 54.6. The highest BCUT2D eigenvalue weighted by atomic mass is 16.7. The van der Waals surface area contributed by atoms with Crippen LogP contribution in [0, 0.1) is 0 Å². The standard InChI is InChI=1S/C51H80O9/c1-3-5-7-9-11-13-15-17-18-19-20-21-22-23-24-25-26-27-29-31-33-35-37-39-41-57-43-45(44-58-51-50(56)49(55)48(54)46(42-52)60-51)59-47(53)40-38-36-34-32-30-28-16-14-12-10-8-6-4-2/h5-8,11-14,17-18,20-21,23-24,26-28,30-31,33,45-46,48-52,54-56H,3-4,9-10,15-16,19,22,25,29,32,34-44H2,1-2H3/b7-5-,8-6-,13-11-,14-12-,18-17-,21-20-,24-23-,27-26-,30-28-,33-31-. The fourth-order valence-electron chi connectivity index (χ4n) is 5.89. The van der Waals surface area contributed by atoms with E-state index in [0.29, 0.717) is 13.0 Å². The van der Waals surface area contributed by atoms with Crippen LogP contribution in [0.1, 0.15) is 129 Å². The van der Waals surface area contributed by atoms with E-state index in [4.69, 9.17) is 18.9 Å². The van der Waals surface area contributed by atoms with Gasteiger partial charge in [0.15, 0.2) is 6.29 Å². The lowest BCUT2D eigenvalue weighted by Crippen LogP contribution is -2.59. The van der Waals surface area contributed by atoms with Gasteiger partial charge in [0.05, 0.1) is 19.8 Å². The first-order valence-corrected chi connectivity index (χ1v) is 22.6. The Bertz CT molecular complexity index is 1320. The Labute approximate surface area is 363 Å². The van der Waals surface area contributed by atoms with Gasteiger partial charge >= 0.3 is 5.97 Å². The molecule has 1 fully saturated rings. The van der Waals surface area contributed by atoms with Crippen LogP contribution in [0.4, 0.5) is 0 Å². The molecule has 9 heteroatoms. The van der Waals surface area contributed by atoms with Gasteiger partial charge in [0.2, 0.25) is 0 Å². The predicted octanol–water partition coefficient (Wildman–Crippen LogP) is 10.4. The van der Waals surface area contributed by atoms with E-state index < -0.39 is 43.4 Å². The number of esters is 1. The van der Waals surface area contributed by atoms with Crippen molar-refractivity contribution in [1.29, 1.82) is 0 Å². The molecule has 0 aromatic heterocycles. The van der Waals surface area contributed by atoms with Crippen molar-refractivity contribution in [3.05, 3.63) is 122 Å². The fourth-order valence-corrected chi connectivity index (χ4v) is 5.89. The van der Waals surface area contributed by atoms with Crippen molar-refractivity contribution in [2.24, 2.45) is 0 Å². The SMILES string of the molecule is CC/C=C\C/C=C\C/C=C\C/C=C\C/C=C\C/C=C\C/C=C\CCCCOCC(COC1OC(CO)C(O)C(O)C1O)OC(=O)CCCCC/C=C\C/C=C\C/C=C\CC. The maximum Gasteiger partial charge on any atom is 0.306 e. The molecule has 0 spiro atoms. The maximum atomic E-state index is 12.7. The molecule has 1 saturated heterocycles. The average Bonchev–Trinajstić information content (AvgIpc) is 3.25. The first-order chi connectivity index (χ1) is 29.4. The average molecular weight is 837 g/mol. The number of carbonyl (C=O) groups excluding carboxylic acids is 1. The molecular formula is C51H80O9. The van der Waals surface area contributed by atoms with Crippen LogP contribution in [0.25, 0.3) is 0 Å². The molecule has 4 N–H and O–H groups in total. The Morgan fingerprint density at radius 2 is 0.967 bits per heavy atom. The molecule has 6 unspecified atom stereocenters. The van der Waals surface area contributed by atoms with E-state index >= 15 is 0 Å². The van der Waals surface area contributed by atoms with Gasteiger partial charge in [-0.05, 0) is 103 Å². The van der Waals surface area contributed by atoms with Gasteiger partial charge in [-0.3, -0.25) is 4.79 Å². The molecule has 1 aliphatic rings. The number of hydrogen-bond acceptors (Lipinski definition) is 9. The second-order valence-corrected chi connectivity index (χ2v) is 14.7. The molecule has 9 nitrogen and oxygen atoms in total. The number of unbranched alkanes of at least 4 members (excludes halogenated alkanes) is 5. The van der Waals surface area contributed by atoms with Crippen molar-refractivity contribution in [3.63, 3.8) is 0 Å². The van der Waals surface area contributed by atoms with E-state index in [1.807, 2.05) is 0 Å². The van der Waals surface area contributed by atoms with E-state index in [2.05, 4.69) is 135 Å². The summed E-state index contributed by atoms with van der Waals surface area (Å²) in [5.74, 6) is -0.365. The van der Waals surface area contributed by atoms with Gasteiger partial charge < -0.3 is 39.4 Å². The topological polar surface area (TPSA) is 135 Å². The molecule has 0 saturated carbocycles. The molecule has 0 bridgehead atoms. The van der Waals surface area contributed by atoms with E-state index in [0.717, 1.165) is 103 Å². The van der Waals surface area contributed by atoms with Crippen LogP contribution < -0.4 is 0 Å². The van der Waals surface area contributed by atoms with E-state index in [1.165, 1.54) is 0 Å². The number of ether oxygens (including phenoxy) is 4. The Morgan fingerprint density at radius 3 is 1.42 bits per heavy atom. The minimum Gasteiger partial charge on any atom is -0.457 e. The van der Waals surface area contributed by atoms with Crippen molar-refractivity contribution < 1.29 is 44.2 Å². The normalized spacial score (nSPS) is 21.2. The van der Waals surface area contributed by atoms with Gasteiger partial charge in [-0.15, -0.1) is 0 Å². The summed E-state index contributed by atoms with van der Waals surface area (Å²) >= 11 is 0. The van der Waals surface area contributed by atoms with Crippen LogP contribution in [-0.2, 0) is 23.7 Å². The summed E-state index contributed by atoms with van der Waals surface area (Å²) in [6.07, 6.45) is 52.4. The largest absolute Gasteiger partial charge is 0.457 e. The Balaban J connectivity index is 2.32. The second kappa shape index (κ2) is 41.0. The van der Waals surface area contributed by atoms with Gasteiger partial charge in [0.25, 0.3) is 0 Å². The molecule has 6 atom stereocenters. The lowest BCUT2D eigenvalue weighted by molar-refractivity contribution is -0.305. The summed E-state index contributed by atoms with van der Waals surface area (Å²) in [6, 6.07) is 0. The van der Waals surface area contributed by atoms with Gasteiger partial charge in [0, 0.05) is 13.0 Å². The summed E-state index contributed by atoms with van der Waals surface area (Å²) in [5, 5.41) is 40.1. The second-order valence-electron chi connectivity index (χ2n) is 14.7. The summed E-state index contributed by atoms with van der Waals surface area (Å²) < 4.78 is 22.7. The predicted molar refractivity (Wildman–Crippen MR) is 246 cm³/mol. The van der Waals surface area contributed by atoms with E-state index in [9.17, 15) is 25.2 Å². The number of allylic oxidation sites excluding steroid dienone is 20. The van der Waals surface area contributed by atoms with Crippen LogP contribution >= 0.6 is 0 Å². The molecule has 0 aliphatic carbocycles. The first-order valence-electron chi connectivity index (χ1n) is 22.6. The minimum absolute atomic E-state index is 0.0931. The van der Waals surface area contributed by atoms with Gasteiger partial charge in [-0.25, -0.2) is 0 Å². The number of aliphatic hydroxyl groups excluding tert-OH is 4. The molecule has 0 amide bonds. The molecule has 0 aromatic rings. The van der Waals surface area contributed by atoms with Crippen molar-refractivity contribution in [2.75, 3.05) is 26.4 Å². The molecule has 1 aliphatic heterocycles. The smallest absolute Gasteiger partial charge is 0.306 e. The van der Waals surface area contributed by atoms with Crippen LogP contribution in [0.3, 0.4) is 0 Å². The number of rotatable bonds is 36. The van der Waals surface area contributed by atoms with E-state index in [1.54, 1.807) is 0 Å². The van der Waals surface area contributed by atoms with Crippen LogP contribution in [0.2, 0.25) is 0 Å². The van der Waals surface area contributed by atoms with Crippen molar-refractivity contribution in [3.8, 4) is 0 Å². The number of carbonyl (C=O) groups is 1. The zero-order valence-corrected chi connectivity index (χ0v) is 36.9. The zero-order valence-electron chi connectivity index (χ0n) is 36.9. The van der Waals surface area contributed by atoms with Crippen LogP contribution in [0.15, 0.2) is 122 Å². The summed E-state index contributed by atoms with van der Waals surface area (Å²) in [7, 11) is 0. The summed E-state index contributed by atoms with van der Waals surface area (Å²) in [6.45, 7) is 4.14. The molecule has 60 heavy (non-hydrogen) atoms. The molecule has 0 radical (unpaired) electrons. The van der Waals surface area contributed by atoms with Gasteiger partial charge in [-0.2, -0.15) is 0 Å². The highest BCUT2D eigenvalue weighted by Crippen LogP contribution is 2.22. The van der Waals surface area contributed by atoms with E-state index in [-0.39, 0.29) is 25.6 Å². The molecule has 0 aromatic carbocycles. The third-order valence-electron chi connectivity index (χ3n) is 9.37. The third kappa shape index (κ3) is 31.5. The third-order valence-corrected chi connectivity index (χ3v) is 9.37. The Kier molecular flexibility index (Phi) is 37.3. The number of aliphatic hydroxyl groups is 4. The highest BCUT2D eigenvalue weighted by Gasteiger charge is 2.44. The summed E-state index contributed by atoms with van der Waals surface area (Å²) in [5.41, 5.74) is 0. The maximum absolute atomic E-state index is 12.7. The lowest BCUT2D eigenvalue weighted by Gasteiger charge is -2.39. The van der Waals surface area contributed by atoms with Crippen molar-refractivity contribution >= 4 is 5.97 Å².